The molecule has 1 aliphatic heterocycles. The van der Waals surface area contributed by atoms with Crippen LogP contribution in [0, 0.1) is 0 Å². The van der Waals surface area contributed by atoms with Crippen LogP contribution in [0.2, 0.25) is 0 Å². The van der Waals surface area contributed by atoms with Crippen molar-refractivity contribution in [1.29, 1.82) is 0 Å². The van der Waals surface area contributed by atoms with E-state index >= 15 is 0 Å². The number of rotatable bonds is 2. The second-order valence-corrected chi connectivity index (χ2v) is 4.76. The van der Waals surface area contributed by atoms with Crippen molar-refractivity contribution in [2.75, 3.05) is 23.7 Å². The molecule has 0 saturated carbocycles. The van der Waals surface area contributed by atoms with E-state index in [2.05, 4.69) is 40.2 Å². The smallest absolute Gasteiger partial charge is 0.130 e. The molecule has 3 nitrogen and oxygen atoms in total. The van der Waals surface area contributed by atoms with E-state index in [9.17, 15) is 0 Å². The van der Waals surface area contributed by atoms with Gasteiger partial charge in [-0.3, -0.25) is 0 Å². The zero-order valence-corrected chi connectivity index (χ0v) is 10.3. The van der Waals surface area contributed by atoms with Crippen molar-refractivity contribution in [2.45, 2.75) is 12.3 Å². The van der Waals surface area contributed by atoms with Gasteiger partial charge in [0.1, 0.15) is 11.6 Å². The highest BCUT2D eigenvalue weighted by molar-refractivity contribution is 5.46. The summed E-state index contributed by atoms with van der Waals surface area (Å²) in [5.41, 5.74) is 7.15. The van der Waals surface area contributed by atoms with Gasteiger partial charge in [-0.05, 0) is 24.1 Å². The van der Waals surface area contributed by atoms with Gasteiger partial charge in [-0.1, -0.05) is 36.4 Å². The second kappa shape index (κ2) is 4.69. The number of hydrogen-bond donors (Lipinski definition) is 1. The van der Waals surface area contributed by atoms with Crippen LogP contribution in [-0.2, 0) is 0 Å². The Morgan fingerprint density at radius 2 is 1.89 bits per heavy atom. The Morgan fingerprint density at radius 3 is 2.67 bits per heavy atom. The van der Waals surface area contributed by atoms with Gasteiger partial charge in [-0.2, -0.15) is 0 Å². The Kier molecular flexibility index (Phi) is 2.89. The summed E-state index contributed by atoms with van der Waals surface area (Å²) in [6.07, 6.45) is 1.18. The Bertz CT molecular complexity index is 524. The Morgan fingerprint density at radius 1 is 1.06 bits per heavy atom. The lowest BCUT2D eigenvalue weighted by atomic mass is 9.99. The summed E-state index contributed by atoms with van der Waals surface area (Å²) < 4.78 is 0. The Hall–Kier alpha value is -2.03. The molecule has 1 aromatic heterocycles. The van der Waals surface area contributed by atoms with E-state index in [-0.39, 0.29) is 0 Å². The van der Waals surface area contributed by atoms with Crippen molar-refractivity contribution in [3.63, 3.8) is 0 Å². The summed E-state index contributed by atoms with van der Waals surface area (Å²) in [5, 5.41) is 0. The first-order chi connectivity index (χ1) is 8.83. The minimum Gasteiger partial charge on any atom is -0.384 e. The maximum atomic E-state index is 5.73. The molecule has 1 aliphatic rings. The minimum absolute atomic E-state index is 0.593. The van der Waals surface area contributed by atoms with Gasteiger partial charge in [0.2, 0.25) is 0 Å². The number of anilines is 2. The van der Waals surface area contributed by atoms with Crippen molar-refractivity contribution in [1.82, 2.24) is 4.98 Å². The number of nitrogen functional groups attached to an aromatic ring is 1. The molecule has 2 heterocycles. The number of aromatic nitrogens is 1. The highest BCUT2D eigenvalue weighted by atomic mass is 15.2. The van der Waals surface area contributed by atoms with Crippen molar-refractivity contribution >= 4 is 11.6 Å². The number of pyridine rings is 1. The molecule has 1 fully saturated rings. The summed E-state index contributed by atoms with van der Waals surface area (Å²) in [6, 6.07) is 16.5. The van der Waals surface area contributed by atoms with Crippen LogP contribution >= 0.6 is 0 Å². The average molecular weight is 239 g/mol. The van der Waals surface area contributed by atoms with E-state index in [0.717, 1.165) is 18.9 Å². The lowest BCUT2D eigenvalue weighted by Crippen LogP contribution is -2.20. The van der Waals surface area contributed by atoms with Crippen LogP contribution in [0.15, 0.2) is 48.5 Å². The predicted octanol–water partition coefficient (Wildman–Crippen LogP) is 2.66. The van der Waals surface area contributed by atoms with Crippen LogP contribution in [0.5, 0.6) is 0 Å². The molecule has 1 atom stereocenters. The van der Waals surface area contributed by atoms with Gasteiger partial charge in [-0.15, -0.1) is 0 Å². The summed E-state index contributed by atoms with van der Waals surface area (Å²) in [7, 11) is 0. The fourth-order valence-electron chi connectivity index (χ4n) is 2.58. The molecular formula is C15H17N3. The largest absolute Gasteiger partial charge is 0.384 e. The third-order valence-corrected chi connectivity index (χ3v) is 3.54. The fourth-order valence-corrected chi connectivity index (χ4v) is 2.58. The first-order valence-corrected chi connectivity index (χ1v) is 6.35. The monoisotopic (exact) mass is 239 g/mol. The number of nitrogens with two attached hydrogens (primary N) is 1. The highest BCUT2D eigenvalue weighted by Crippen LogP contribution is 2.29. The lowest BCUT2D eigenvalue weighted by Gasteiger charge is -2.17. The molecule has 3 rings (SSSR count). The molecule has 2 aromatic rings. The fraction of sp³-hybridized carbons (Fsp3) is 0.267. The molecule has 0 aliphatic carbocycles. The summed E-state index contributed by atoms with van der Waals surface area (Å²) in [6.45, 7) is 2.08. The molecule has 0 amide bonds. The molecule has 18 heavy (non-hydrogen) atoms. The first-order valence-electron chi connectivity index (χ1n) is 6.35. The van der Waals surface area contributed by atoms with Crippen molar-refractivity contribution in [3.8, 4) is 0 Å². The third-order valence-electron chi connectivity index (χ3n) is 3.54. The van der Waals surface area contributed by atoms with E-state index in [0.29, 0.717) is 11.7 Å². The average Bonchev–Trinajstić information content (AvgIpc) is 2.89. The molecule has 1 saturated heterocycles. The maximum absolute atomic E-state index is 5.73. The molecule has 92 valence electrons. The molecule has 0 bridgehead atoms. The maximum Gasteiger partial charge on any atom is 0.130 e. The van der Waals surface area contributed by atoms with Crippen LogP contribution in [-0.4, -0.2) is 18.1 Å². The lowest BCUT2D eigenvalue weighted by molar-refractivity contribution is 0.774. The van der Waals surface area contributed by atoms with Crippen LogP contribution in [0.3, 0.4) is 0 Å². The predicted molar refractivity (Wildman–Crippen MR) is 74.7 cm³/mol. The van der Waals surface area contributed by atoms with E-state index in [4.69, 9.17) is 5.73 Å². The van der Waals surface area contributed by atoms with E-state index in [1.807, 2.05) is 18.2 Å². The zero-order valence-electron chi connectivity index (χ0n) is 10.3. The number of hydrogen-bond acceptors (Lipinski definition) is 3. The minimum atomic E-state index is 0.593. The van der Waals surface area contributed by atoms with Crippen LogP contribution < -0.4 is 10.6 Å². The molecule has 3 heteroatoms. The van der Waals surface area contributed by atoms with Crippen LogP contribution in [0.25, 0.3) is 0 Å². The number of benzene rings is 1. The van der Waals surface area contributed by atoms with E-state index < -0.39 is 0 Å². The molecular weight excluding hydrogens is 222 g/mol. The standard InChI is InChI=1S/C15H17N3/c16-14-7-4-8-15(17-14)18-10-9-13(11-18)12-5-2-1-3-6-12/h1-8,13H,9-11H2,(H2,16,17). The second-order valence-electron chi connectivity index (χ2n) is 4.76. The normalized spacial score (nSPS) is 19.1. The van der Waals surface area contributed by atoms with E-state index in [1.54, 1.807) is 0 Å². The molecule has 2 N–H and O–H groups in total. The molecule has 0 radical (unpaired) electrons. The van der Waals surface area contributed by atoms with Crippen LogP contribution in [0.4, 0.5) is 11.6 Å². The quantitative estimate of drug-likeness (QED) is 0.876. The SMILES string of the molecule is Nc1cccc(N2CCC(c3ccccc3)C2)n1. The van der Waals surface area contributed by atoms with Gasteiger partial charge in [-0.25, -0.2) is 4.98 Å². The summed E-state index contributed by atoms with van der Waals surface area (Å²) in [5.74, 6) is 2.19. The van der Waals surface area contributed by atoms with Crippen molar-refractivity contribution < 1.29 is 0 Å². The van der Waals surface area contributed by atoms with Gasteiger partial charge in [0.05, 0.1) is 0 Å². The Labute approximate surface area is 107 Å². The molecule has 1 unspecified atom stereocenters. The van der Waals surface area contributed by atoms with Crippen LogP contribution in [0.1, 0.15) is 17.9 Å². The molecule has 1 aromatic carbocycles. The molecule has 0 spiro atoms. The zero-order chi connectivity index (χ0) is 12.4. The van der Waals surface area contributed by atoms with Gasteiger partial charge in [0.25, 0.3) is 0 Å². The highest BCUT2D eigenvalue weighted by Gasteiger charge is 2.24. The summed E-state index contributed by atoms with van der Waals surface area (Å²) >= 11 is 0. The van der Waals surface area contributed by atoms with Gasteiger partial charge >= 0.3 is 0 Å². The topological polar surface area (TPSA) is 42.1 Å². The van der Waals surface area contributed by atoms with Crippen molar-refractivity contribution in [3.05, 3.63) is 54.1 Å². The van der Waals surface area contributed by atoms with E-state index in [1.165, 1.54) is 12.0 Å². The Balaban J connectivity index is 1.76. The first kappa shape index (κ1) is 11.1. The number of nitrogens with zero attached hydrogens (tertiary/aromatic N) is 2. The van der Waals surface area contributed by atoms with Crippen molar-refractivity contribution in [2.24, 2.45) is 0 Å². The van der Waals surface area contributed by atoms with Gasteiger partial charge < -0.3 is 10.6 Å². The summed E-state index contributed by atoms with van der Waals surface area (Å²) in [4.78, 5) is 6.70. The third kappa shape index (κ3) is 2.16. The van der Waals surface area contributed by atoms with Gasteiger partial charge in [0.15, 0.2) is 0 Å². The van der Waals surface area contributed by atoms with Gasteiger partial charge in [0, 0.05) is 19.0 Å².